The Morgan fingerprint density at radius 1 is 1.20 bits per heavy atom. The van der Waals surface area contributed by atoms with Crippen LogP contribution in [0, 0.1) is 0 Å². The van der Waals surface area contributed by atoms with Crippen molar-refractivity contribution in [3.63, 3.8) is 0 Å². The topological polar surface area (TPSA) is 64.9 Å². The van der Waals surface area contributed by atoms with Crippen molar-refractivity contribution in [3.8, 4) is 11.4 Å². The summed E-state index contributed by atoms with van der Waals surface area (Å²) in [6.07, 6.45) is 3.09. The lowest BCUT2D eigenvalue weighted by molar-refractivity contribution is 0.350. The highest BCUT2D eigenvalue weighted by molar-refractivity contribution is 6.30. The molecule has 1 aromatic carbocycles. The van der Waals surface area contributed by atoms with Crippen molar-refractivity contribution in [2.75, 3.05) is 0 Å². The second-order valence-corrected chi connectivity index (χ2v) is 5.71. The van der Waals surface area contributed by atoms with Crippen LogP contribution in [0.3, 0.4) is 0 Å². The molecule has 0 saturated carbocycles. The number of nitrogens with zero attached hydrogens (tertiary/aromatic N) is 2. The number of halogens is 1. The lowest BCUT2D eigenvalue weighted by atomic mass is 10.0. The van der Waals surface area contributed by atoms with Crippen LogP contribution in [0.25, 0.3) is 11.4 Å². The van der Waals surface area contributed by atoms with Gasteiger partial charge in [-0.3, -0.25) is 0 Å². The van der Waals surface area contributed by atoms with Crippen molar-refractivity contribution in [1.29, 1.82) is 0 Å². The van der Waals surface area contributed by atoms with E-state index in [0.29, 0.717) is 16.7 Å². The fraction of sp³-hybridized carbons (Fsp3) is 0.467. The number of hydrogen-bond acceptors (Lipinski definition) is 4. The van der Waals surface area contributed by atoms with E-state index in [2.05, 4.69) is 17.1 Å². The van der Waals surface area contributed by atoms with E-state index in [1.807, 2.05) is 31.2 Å². The van der Waals surface area contributed by atoms with E-state index in [-0.39, 0.29) is 12.0 Å². The van der Waals surface area contributed by atoms with Crippen molar-refractivity contribution in [2.24, 2.45) is 5.73 Å². The maximum Gasteiger partial charge on any atom is 0.229 e. The van der Waals surface area contributed by atoms with E-state index in [1.54, 1.807) is 0 Å². The number of aromatic nitrogens is 2. The van der Waals surface area contributed by atoms with Crippen molar-refractivity contribution in [2.45, 2.75) is 45.1 Å². The molecule has 1 heterocycles. The minimum atomic E-state index is 0.245. The summed E-state index contributed by atoms with van der Waals surface area (Å²) < 4.78 is 5.34. The molecule has 1 aromatic heterocycles. The van der Waals surface area contributed by atoms with Gasteiger partial charge in [0.25, 0.3) is 0 Å². The van der Waals surface area contributed by atoms with Crippen LogP contribution in [0.4, 0.5) is 0 Å². The third-order valence-electron chi connectivity index (χ3n) is 3.26. The molecule has 0 aliphatic carbocycles. The molecule has 2 atom stereocenters. The van der Waals surface area contributed by atoms with E-state index < -0.39 is 0 Å². The zero-order valence-electron chi connectivity index (χ0n) is 11.8. The molecule has 5 heteroatoms. The summed E-state index contributed by atoms with van der Waals surface area (Å²) in [7, 11) is 0. The van der Waals surface area contributed by atoms with Gasteiger partial charge in [-0.15, -0.1) is 0 Å². The van der Waals surface area contributed by atoms with Crippen LogP contribution in [0.1, 0.15) is 44.9 Å². The predicted octanol–water partition coefficient (Wildman–Crippen LogP) is 4.01. The van der Waals surface area contributed by atoms with Gasteiger partial charge in [0.05, 0.1) is 0 Å². The largest absolute Gasteiger partial charge is 0.339 e. The van der Waals surface area contributed by atoms with Gasteiger partial charge in [0.2, 0.25) is 11.7 Å². The Morgan fingerprint density at radius 3 is 2.55 bits per heavy atom. The molecule has 0 saturated heterocycles. The van der Waals surface area contributed by atoms with E-state index in [4.69, 9.17) is 21.9 Å². The van der Waals surface area contributed by atoms with E-state index in [0.717, 1.165) is 24.8 Å². The Hall–Kier alpha value is -1.39. The third-order valence-corrected chi connectivity index (χ3v) is 3.51. The van der Waals surface area contributed by atoms with Gasteiger partial charge in [-0.1, -0.05) is 30.1 Å². The first-order chi connectivity index (χ1) is 9.56. The average molecular weight is 294 g/mol. The van der Waals surface area contributed by atoms with Gasteiger partial charge in [-0.25, -0.2) is 0 Å². The molecule has 2 N–H and O–H groups in total. The fourth-order valence-electron chi connectivity index (χ4n) is 2.02. The second kappa shape index (κ2) is 6.86. The summed E-state index contributed by atoms with van der Waals surface area (Å²) in [5, 5.41) is 4.72. The van der Waals surface area contributed by atoms with Crippen LogP contribution in [0.2, 0.25) is 5.02 Å². The summed E-state index contributed by atoms with van der Waals surface area (Å²) in [4.78, 5) is 4.46. The van der Waals surface area contributed by atoms with Crippen LogP contribution in [0.15, 0.2) is 28.8 Å². The van der Waals surface area contributed by atoms with E-state index in [9.17, 15) is 0 Å². The lowest BCUT2D eigenvalue weighted by Gasteiger charge is -2.07. The first-order valence-electron chi connectivity index (χ1n) is 6.91. The molecule has 0 spiro atoms. The Bertz CT molecular complexity index is 536. The van der Waals surface area contributed by atoms with E-state index >= 15 is 0 Å². The van der Waals surface area contributed by atoms with Gasteiger partial charge in [0.1, 0.15) is 0 Å². The smallest absolute Gasteiger partial charge is 0.229 e. The molecule has 0 amide bonds. The molecule has 20 heavy (non-hydrogen) atoms. The molecule has 2 aromatic rings. The van der Waals surface area contributed by atoms with E-state index in [1.165, 1.54) is 0 Å². The average Bonchev–Trinajstić information content (AvgIpc) is 2.88. The summed E-state index contributed by atoms with van der Waals surface area (Å²) in [5.74, 6) is 1.54. The van der Waals surface area contributed by atoms with Gasteiger partial charge in [0.15, 0.2) is 0 Å². The van der Waals surface area contributed by atoms with Gasteiger partial charge in [0, 0.05) is 22.5 Å². The molecule has 4 nitrogen and oxygen atoms in total. The van der Waals surface area contributed by atoms with Gasteiger partial charge >= 0.3 is 0 Å². The summed E-state index contributed by atoms with van der Waals surface area (Å²) in [6, 6.07) is 7.66. The molecule has 108 valence electrons. The van der Waals surface area contributed by atoms with Crippen LogP contribution in [0.5, 0.6) is 0 Å². The highest BCUT2D eigenvalue weighted by Gasteiger charge is 2.15. The number of nitrogens with two attached hydrogens (primary N) is 1. The zero-order chi connectivity index (χ0) is 14.5. The molecule has 0 radical (unpaired) electrons. The molecule has 0 aliphatic rings. The standard InChI is InChI=1S/C15H20ClN3O/c1-10(4-3-5-11(2)17)15-18-14(19-20-15)12-6-8-13(16)9-7-12/h6-11H,3-5,17H2,1-2H3. The number of benzene rings is 1. The maximum atomic E-state index is 5.86. The summed E-state index contributed by atoms with van der Waals surface area (Å²) >= 11 is 5.86. The molecular formula is C15H20ClN3O. The van der Waals surface area contributed by atoms with Crippen molar-refractivity contribution < 1.29 is 4.52 Å². The van der Waals surface area contributed by atoms with Crippen molar-refractivity contribution >= 4 is 11.6 Å². The first kappa shape index (κ1) is 15.0. The van der Waals surface area contributed by atoms with Crippen molar-refractivity contribution in [1.82, 2.24) is 10.1 Å². The maximum absolute atomic E-state index is 5.86. The molecule has 0 fully saturated rings. The van der Waals surface area contributed by atoms with Crippen LogP contribution < -0.4 is 5.73 Å². The Morgan fingerprint density at radius 2 is 1.90 bits per heavy atom. The fourth-order valence-corrected chi connectivity index (χ4v) is 2.15. The van der Waals surface area contributed by atoms with Gasteiger partial charge in [-0.2, -0.15) is 4.98 Å². The molecular weight excluding hydrogens is 274 g/mol. The zero-order valence-corrected chi connectivity index (χ0v) is 12.6. The third kappa shape index (κ3) is 4.05. The quantitative estimate of drug-likeness (QED) is 0.874. The van der Waals surface area contributed by atoms with Gasteiger partial charge < -0.3 is 10.3 Å². The Labute approximate surface area is 124 Å². The first-order valence-corrected chi connectivity index (χ1v) is 7.29. The van der Waals surface area contributed by atoms with Gasteiger partial charge in [-0.05, 0) is 44.0 Å². The molecule has 0 aliphatic heterocycles. The minimum Gasteiger partial charge on any atom is -0.339 e. The summed E-state index contributed by atoms with van der Waals surface area (Å²) in [5.41, 5.74) is 6.66. The monoisotopic (exact) mass is 293 g/mol. The molecule has 2 unspecified atom stereocenters. The molecule has 2 rings (SSSR count). The lowest BCUT2D eigenvalue weighted by Crippen LogP contribution is -2.14. The van der Waals surface area contributed by atoms with Crippen LogP contribution in [-0.2, 0) is 0 Å². The molecule has 0 bridgehead atoms. The number of hydrogen-bond donors (Lipinski definition) is 1. The minimum absolute atomic E-state index is 0.245. The van der Waals surface area contributed by atoms with Crippen LogP contribution in [-0.4, -0.2) is 16.2 Å². The SMILES string of the molecule is CC(N)CCCC(C)c1nc(-c2ccc(Cl)cc2)no1. The predicted molar refractivity (Wildman–Crippen MR) is 80.7 cm³/mol. The van der Waals surface area contributed by atoms with Crippen molar-refractivity contribution in [3.05, 3.63) is 35.2 Å². The Kier molecular flexibility index (Phi) is 5.15. The normalized spacial score (nSPS) is 14.2. The highest BCUT2D eigenvalue weighted by atomic mass is 35.5. The summed E-state index contributed by atoms with van der Waals surface area (Å²) in [6.45, 7) is 4.12. The second-order valence-electron chi connectivity index (χ2n) is 5.27. The highest BCUT2D eigenvalue weighted by Crippen LogP contribution is 2.24. The van der Waals surface area contributed by atoms with Crippen LogP contribution >= 0.6 is 11.6 Å². The number of rotatable bonds is 6. The Balaban J connectivity index is 1.99.